The topological polar surface area (TPSA) is 92.1 Å². The molecule has 2 heterocycles. The second-order valence-electron chi connectivity index (χ2n) is 6.99. The van der Waals surface area contributed by atoms with Gasteiger partial charge < -0.3 is 0 Å². The number of aromatic nitrogens is 2. The Labute approximate surface area is 171 Å². The number of para-hydroxylation sites is 1. The minimum Gasteiger partial charge on any atom is -0.295 e. The number of nitro groups is 1. The third kappa shape index (κ3) is 2.76. The molecule has 0 saturated heterocycles. The summed E-state index contributed by atoms with van der Waals surface area (Å²) in [5.74, 6) is -0.220. The summed E-state index contributed by atoms with van der Waals surface area (Å²) in [4.78, 5) is 26.0. The van der Waals surface area contributed by atoms with E-state index in [-0.39, 0.29) is 11.6 Å². The zero-order valence-corrected chi connectivity index (χ0v) is 15.7. The molecule has 5 rings (SSSR count). The number of nitrogens with one attached hydrogen (secondary N) is 1. The summed E-state index contributed by atoms with van der Waals surface area (Å²) in [6.07, 6.45) is 0. The molecular formula is C23H16N4O3. The summed E-state index contributed by atoms with van der Waals surface area (Å²) in [7, 11) is 0. The predicted molar refractivity (Wildman–Crippen MR) is 112 cm³/mol. The summed E-state index contributed by atoms with van der Waals surface area (Å²) < 4.78 is 0. The Morgan fingerprint density at radius 3 is 2.33 bits per heavy atom. The first-order chi connectivity index (χ1) is 14.6. The summed E-state index contributed by atoms with van der Waals surface area (Å²) in [6, 6.07) is 24.7. The first-order valence-electron chi connectivity index (χ1n) is 9.42. The number of nitro benzene ring substituents is 1. The van der Waals surface area contributed by atoms with E-state index in [9.17, 15) is 14.9 Å². The number of fused-ring (bicyclic) bond motifs is 1. The average Bonchev–Trinajstić information content (AvgIpc) is 3.34. The molecule has 4 aromatic rings. The van der Waals surface area contributed by atoms with Gasteiger partial charge in [0, 0.05) is 28.9 Å². The number of rotatable bonds is 4. The van der Waals surface area contributed by atoms with Crippen molar-refractivity contribution in [1.82, 2.24) is 10.2 Å². The molecule has 1 unspecified atom stereocenters. The van der Waals surface area contributed by atoms with E-state index < -0.39 is 11.0 Å². The fraction of sp³-hybridized carbons (Fsp3) is 0.0435. The molecule has 1 aliphatic rings. The van der Waals surface area contributed by atoms with Crippen LogP contribution in [0.2, 0.25) is 0 Å². The molecule has 0 fully saturated rings. The van der Waals surface area contributed by atoms with Crippen LogP contribution in [0.15, 0.2) is 84.9 Å². The highest BCUT2D eigenvalue weighted by Crippen LogP contribution is 2.45. The molecule has 0 radical (unpaired) electrons. The number of amides is 1. The van der Waals surface area contributed by atoms with Crippen LogP contribution in [0.3, 0.4) is 0 Å². The highest BCUT2D eigenvalue weighted by atomic mass is 16.6. The predicted octanol–water partition coefficient (Wildman–Crippen LogP) is 4.73. The minimum atomic E-state index is -0.538. The van der Waals surface area contributed by atoms with Gasteiger partial charge in [-0.05, 0) is 17.7 Å². The minimum absolute atomic E-state index is 0.0221. The van der Waals surface area contributed by atoms with Crippen LogP contribution in [0.25, 0.3) is 11.3 Å². The van der Waals surface area contributed by atoms with Gasteiger partial charge in [-0.25, -0.2) is 0 Å². The Morgan fingerprint density at radius 2 is 1.63 bits per heavy atom. The van der Waals surface area contributed by atoms with Crippen molar-refractivity contribution < 1.29 is 9.72 Å². The van der Waals surface area contributed by atoms with E-state index in [4.69, 9.17) is 0 Å². The normalized spacial score (nSPS) is 15.3. The Morgan fingerprint density at radius 1 is 0.933 bits per heavy atom. The summed E-state index contributed by atoms with van der Waals surface area (Å²) in [5.41, 5.74) is 3.99. The molecule has 1 aromatic heterocycles. The summed E-state index contributed by atoms with van der Waals surface area (Å²) in [6.45, 7) is 0. The van der Waals surface area contributed by atoms with Crippen LogP contribution in [0.5, 0.6) is 0 Å². The third-order valence-electron chi connectivity index (χ3n) is 5.25. The molecule has 7 heteroatoms. The molecule has 0 spiro atoms. The van der Waals surface area contributed by atoms with Crippen LogP contribution in [-0.2, 0) is 0 Å². The zero-order valence-electron chi connectivity index (χ0n) is 15.7. The maximum absolute atomic E-state index is 13.4. The van der Waals surface area contributed by atoms with Gasteiger partial charge in [-0.15, -0.1) is 0 Å². The van der Waals surface area contributed by atoms with Crippen LogP contribution >= 0.6 is 0 Å². The number of carbonyl (C=O) groups excluding carboxylic acids is 1. The van der Waals surface area contributed by atoms with E-state index in [0.29, 0.717) is 22.6 Å². The van der Waals surface area contributed by atoms with E-state index in [0.717, 1.165) is 11.1 Å². The fourth-order valence-electron chi connectivity index (χ4n) is 3.94. The molecule has 30 heavy (non-hydrogen) atoms. The number of aromatic amines is 1. The van der Waals surface area contributed by atoms with Gasteiger partial charge >= 0.3 is 0 Å². The molecule has 1 amide bonds. The van der Waals surface area contributed by atoms with Gasteiger partial charge in [0.1, 0.15) is 5.69 Å². The van der Waals surface area contributed by atoms with E-state index in [2.05, 4.69) is 10.2 Å². The Bertz CT molecular complexity index is 1250. The number of nitrogens with zero attached hydrogens (tertiary/aromatic N) is 3. The van der Waals surface area contributed by atoms with Crippen molar-refractivity contribution in [2.24, 2.45) is 0 Å². The maximum atomic E-state index is 13.4. The smallest absolute Gasteiger partial charge is 0.277 e. The molecule has 1 aliphatic heterocycles. The van der Waals surface area contributed by atoms with Crippen molar-refractivity contribution in [2.75, 3.05) is 4.90 Å². The zero-order chi connectivity index (χ0) is 20.7. The van der Waals surface area contributed by atoms with Crippen molar-refractivity contribution in [3.8, 4) is 11.3 Å². The average molecular weight is 396 g/mol. The number of hydrogen-bond donors (Lipinski definition) is 1. The quantitative estimate of drug-likeness (QED) is 0.398. The highest BCUT2D eigenvalue weighted by molar-refractivity contribution is 6.11. The lowest BCUT2D eigenvalue weighted by Gasteiger charge is -2.26. The Balaban J connectivity index is 1.75. The lowest BCUT2D eigenvalue weighted by atomic mass is 9.95. The van der Waals surface area contributed by atoms with Gasteiger partial charge in [0.05, 0.1) is 16.7 Å². The van der Waals surface area contributed by atoms with E-state index in [1.165, 1.54) is 12.1 Å². The number of H-pyrrole nitrogens is 1. The summed E-state index contributed by atoms with van der Waals surface area (Å²) >= 11 is 0. The number of carbonyl (C=O) groups is 1. The van der Waals surface area contributed by atoms with Crippen molar-refractivity contribution >= 4 is 17.3 Å². The third-order valence-corrected chi connectivity index (χ3v) is 5.25. The number of hydrogen-bond acceptors (Lipinski definition) is 4. The standard InChI is InChI=1S/C23H16N4O3/c28-23-21-19(20(24-25-21)15-8-3-1-4-9-15)22(26(23)17-11-5-2-6-12-17)16-10-7-13-18(14-16)27(29)30/h1-14,22H,(H,24,25). The number of anilines is 1. The summed E-state index contributed by atoms with van der Waals surface area (Å²) in [5, 5.41) is 18.7. The molecule has 146 valence electrons. The SMILES string of the molecule is O=C1c2[nH]nc(-c3ccccc3)c2C(c2cccc([N+](=O)[O-])c2)N1c1ccccc1. The van der Waals surface area contributed by atoms with Gasteiger partial charge in [0.25, 0.3) is 11.6 Å². The second kappa shape index (κ2) is 6.97. The molecule has 0 saturated carbocycles. The molecule has 7 nitrogen and oxygen atoms in total. The van der Waals surface area contributed by atoms with Crippen molar-refractivity contribution in [3.05, 3.63) is 112 Å². The lowest BCUT2D eigenvalue weighted by Crippen LogP contribution is -2.29. The Hall–Kier alpha value is -4.26. The van der Waals surface area contributed by atoms with Crippen LogP contribution in [0, 0.1) is 10.1 Å². The van der Waals surface area contributed by atoms with Crippen LogP contribution in [0.4, 0.5) is 11.4 Å². The van der Waals surface area contributed by atoms with Crippen LogP contribution in [0.1, 0.15) is 27.7 Å². The van der Waals surface area contributed by atoms with Crippen molar-refractivity contribution in [2.45, 2.75) is 6.04 Å². The first kappa shape index (κ1) is 17.8. The van der Waals surface area contributed by atoms with E-state index in [1.807, 2.05) is 60.7 Å². The highest BCUT2D eigenvalue weighted by Gasteiger charge is 2.43. The molecule has 0 aliphatic carbocycles. The number of non-ortho nitro benzene ring substituents is 1. The van der Waals surface area contributed by atoms with E-state index >= 15 is 0 Å². The van der Waals surface area contributed by atoms with Crippen LogP contribution in [-0.4, -0.2) is 21.0 Å². The maximum Gasteiger partial charge on any atom is 0.277 e. The van der Waals surface area contributed by atoms with Gasteiger partial charge in [-0.2, -0.15) is 5.10 Å². The fourth-order valence-corrected chi connectivity index (χ4v) is 3.94. The first-order valence-corrected chi connectivity index (χ1v) is 9.42. The van der Waals surface area contributed by atoms with Crippen LogP contribution < -0.4 is 4.90 Å². The molecule has 1 atom stereocenters. The second-order valence-corrected chi connectivity index (χ2v) is 6.99. The van der Waals surface area contributed by atoms with E-state index in [1.54, 1.807) is 17.0 Å². The monoisotopic (exact) mass is 396 g/mol. The number of benzene rings is 3. The van der Waals surface area contributed by atoms with Crippen molar-refractivity contribution in [3.63, 3.8) is 0 Å². The van der Waals surface area contributed by atoms with Gasteiger partial charge in [0.2, 0.25) is 0 Å². The molecule has 0 bridgehead atoms. The van der Waals surface area contributed by atoms with Crippen molar-refractivity contribution in [1.29, 1.82) is 0 Å². The van der Waals surface area contributed by atoms with Gasteiger partial charge in [-0.1, -0.05) is 60.7 Å². The molecule has 3 aromatic carbocycles. The Kier molecular flexibility index (Phi) is 4.14. The molecule has 1 N–H and O–H groups in total. The molecular weight excluding hydrogens is 380 g/mol. The van der Waals surface area contributed by atoms with Gasteiger partial charge in [-0.3, -0.25) is 24.9 Å². The largest absolute Gasteiger partial charge is 0.295 e. The van der Waals surface area contributed by atoms with Gasteiger partial charge in [0.15, 0.2) is 0 Å². The lowest BCUT2D eigenvalue weighted by molar-refractivity contribution is -0.384.